The number of Topliss-reactive ketones (excluding diaryl/α,β-unsaturated/α-hetero) is 1. The Morgan fingerprint density at radius 2 is 1.50 bits per heavy atom. The van der Waals surface area contributed by atoms with Crippen molar-refractivity contribution in [3.05, 3.63) is 73.4 Å². The van der Waals surface area contributed by atoms with E-state index in [1.54, 1.807) is 24.3 Å². The first-order valence-corrected chi connectivity index (χ1v) is 8.71. The molecule has 2 aromatic carbocycles. The van der Waals surface area contributed by atoms with Crippen LogP contribution in [-0.4, -0.2) is 11.7 Å². The molecule has 130 valence electrons. The van der Waals surface area contributed by atoms with Crippen LogP contribution in [0.2, 0.25) is 20.1 Å². The summed E-state index contributed by atoms with van der Waals surface area (Å²) in [6, 6.07) is 11.3. The number of nitrogens with zero attached hydrogens (tertiary/aromatic N) is 1. The van der Waals surface area contributed by atoms with Gasteiger partial charge in [0.25, 0.3) is 0 Å². The summed E-state index contributed by atoms with van der Waals surface area (Å²) >= 11 is 24.6. The number of halogens is 4. The summed E-state index contributed by atoms with van der Waals surface area (Å²) in [5.74, 6) is -2.45. The Hall–Kier alpha value is -2.03. The Bertz CT molecular complexity index is 984. The van der Waals surface area contributed by atoms with E-state index < -0.39 is 11.7 Å². The average molecular weight is 426 g/mol. The van der Waals surface area contributed by atoms with E-state index in [2.05, 4.69) is 0 Å². The third kappa shape index (κ3) is 3.08. The maximum Gasteiger partial charge on any atom is 0.216 e. The predicted octanol–water partition coefficient (Wildman–Crippen LogP) is 5.90. The second-order valence-electron chi connectivity index (χ2n) is 5.31. The van der Waals surface area contributed by atoms with Crippen LogP contribution in [0.15, 0.2) is 42.2 Å². The highest BCUT2D eigenvalue weighted by atomic mass is 35.5. The van der Waals surface area contributed by atoms with Crippen molar-refractivity contribution in [3.8, 4) is 6.07 Å². The molecular weight excluding hydrogens is 418 g/mol. The number of benzene rings is 2. The van der Waals surface area contributed by atoms with E-state index in [1.807, 2.05) is 6.07 Å². The van der Waals surface area contributed by atoms with E-state index in [0.29, 0.717) is 0 Å². The summed E-state index contributed by atoms with van der Waals surface area (Å²) in [4.78, 5) is 12.9. The fourth-order valence-corrected chi connectivity index (χ4v) is 3.85. The third-order valence-electron chi connectivity index (χ3n) is 3.80. The molecule has 0 amide bonds. The first-order chi connectivity index (χ1) is 12.4. The summed E-state index contributed by atoms with van der Waals surface area (Å²) < 4.78 is 5.32. The molecule has 1 fully saturated rings. The van der Waals surface area contributed by atoms with Crippen molar-refractivity contribution in [1.82, 2.24) is 0 Å². The van der Waals surface area contributed by atoms with E-state index in [-0.39, 0.29) is 48.4 Å². The minimum atomic E-state index is -1.14. The van der Waals surface area contributed by atoms with Gasteiger partial charge >= 0.3 is 0 Å². The lowest BCUT2D eigenvalue weighted by molar-refractivity contribution is -0.115. The van der Waals surface area contributed by atoms with Gasteiger partial charge in [0, 0.05) is 21.2 Å². The lowest BCUT2D eigenvalue weighted by atomic mass is 9.93. The quantitative estimate of drug-likeness (QED) is 0.481. The van der Waals surface area contributed by atoms with Gasteiger partial charge in [-0.2, -0.15) is 5.26 Å². The fourth-order valence-electron chi connectivity index (χ4n) is 2.65. The molecule has 1 aliphatic rings. The summed E-state index contributed by atoms with van der Waals surface area (Å²) in [6.07, 6.45) is 0. The number of allylic oxidation sites excluding steroid dienone is 2. The Morgan fingerprint density at radius 1 is 1.00 bits per heavy atom. The van der Waals surface area contributed by atoms with Crippen LogP contribution < -0.4 is 0 Å². The average Bonchev–Trinajstić information content (AvgIpc) is 2.86. The SMILES string of the molecule is N#C/C(=C1/OC(=N)C(c2c(Cl)cccc2Cl)C1=O)c1c(Cl)cccc1Cl. The van der Waals surface area contributed by atoms with E-state index in [4.69, 9.17) is 56.5 Å². The standard InChI is InChI=1S/C18H8Cl4N2O2/c19-9-3-1-4-10(20)13(9)8(7-23)17-16(25)15(18(24)26-17)14-11(21)5-2-6-12(14)22/h1-6,15,24H/b17-8-,24-18?. The zero-order chi connectivity index (χ0) is 19.0. The first-order valence-electron chi connectivity index (χ1n) is 7.20. The zero-order valence-corrected chi connectivity index (χ0v) is 15.8. The fraction of sp³-hybridized carbons (Fsp3) is 0.0556. The number of ether oxygens (including phenoxy) is 1. The van der Waals surface area contributed by atoms with Crippen molar-refractivity contribution in [3.63, 3.8) is 0 Å². The lowest BCUT2D eigenvalue weighted by Crippen LogP contribution is -2.13. The number of carbonyl (C=O) groups excluding carboxylic acids is 1. The highest BCUT2D eigenvalue weighted by Crippen LogP contribution is 2.42. The van der Waals surface area contributed by atoms with E-state index in [1.165, 1.54) is 12.1 Å². The molecule has 0 bridgehead atoms. The number of hydrogen-bond donors (Lipinski definition) is 1. The molecule has 1 N–H and O–H groups in total. The van der Waals surface area contributed by atoms with Gasteiger partial charge in [0.2, 0.25) is 11.7 Å². The maximum absolute atomic E-state index is 12.9. The Kier molecular flexibility index (Phi) is 5.27. The lowest BCUT2D eigenvalue weighted by Gasteiger charge is -2.10. The monoisotopic (exact) mass is 424 g/mol. The third-order valence-corrected chi connectivity index (χ3v) is 5.09. The van der Waals surface area contributed by atoms with Gasteiger partial charge in [0.05, 0.1) is 10.0 Å². The molecule has 3 rings (SSSR count). The maximum atomic E-state index is 12.9. The van der Waals surface area contributed by atoms with Crippen molar-refractivity contribution >= 4 is 63.7 Å². The van der Waals surface area contributed by atoms with Gasteiger partial charge in [-0.15, -0.1) is 0 Å². The number of nitrogens with one attached hydrogen (secondary N) is 1. The zero-order valence-electron chi connectivity index (χ0n) is 12.8. The molecule has 1 unspecified atom stereocenters. The van der Waals surface area contributed by atoms with Gasteiger partial charge < -0.3 is 4.74 Å². The molecule has 0 aromatic heterocycles. The Morgan fingerprint density at radius 3 is 2.00 bits per heavy atom. The minimum Gasteiger partial charge on any atom is -0.437 e. The highest BCUT2D eigenvalue weighted by Gasteiger charge is 2.43. The number of ketones is 1. The molecule has 0 radical (unpaired) electrons. The van der Waals surface area contributed by atoms with Crippen molar-refractivity contribution < 1.29 is 9.53 Å². The molecule has 1 aliphatic heterocycles. The molecule has 1 heterocycles. The normalized spacial score (nSPS) is 18.5. The van der Waals surface area contributed by atoms with Crippen LogP contribution in [0.25, 0.3) is 5.57 Å². The largest absolute Gasteiger partial charge is 0.437 e. The summed E-state index contributed by atoms with van der Waals surface area (Å²) in [5, 5.41) is 18.5. The molecule has 26 heavy (non-hydrogen) atoms. The van der Waals surface area contributed by atoms with Crippen LogP contribution in [-0.2, 0) is 9.53 Å². The van der Waals surface area contributed by atoms with Crippen molar-refractivity contribution in [2.75, 3.05) is 0 Å². The molecule has 8 heteroatoms. The summed E-state index contributed by atoms with van der Waals surface area (Å²) in [5.41, 5.74) is 0.268. The van der Waals surface area contributed by atoms with Crippen LogP contribution in [0.3, 0.4) is 0 Å². The molecule has 4 nitrogen and oxygen atoms in total. The van der Waals surface area contributed by atoms with E-state index >= 15 is 0 Å². The van der Waals surface area contributed by atoms with Crippen LogP contribution in [0.5, 0.6) is 0 Å². The molecule has 0 saturated carbocycles. The van der Waals surface area contributed by atoms with E-state index in [9.17, 15) is 10.1 Å². The van der Waals surface area contributed by atoms with Gasteiger partial charge in [0.15, 0.2) is 5.76 Å². The number of carbonyl (C=O) groups is 1. The summed E-state index contributed by atoms with van der Waals surface area (Å²) in [6.45, 7) is 0. The molecule has 0 aliphatic carbocycles. The Balaban J connectivity index is 2.20. The van der Waals surface area contributed by atoms with Crippen LogP contribution in [0.4, 0.5) is 0 Å². The first kappa shape index (κ1) is 18.8. The van der Waals surface area contributed by atoms with Gasteiger partial charge in [-0.1, -0.05) is 58.5 Å². The van der Waals surface area contributed by atoms with Gasteiger partial charge in [-0.25, -0.2) is 0 Å². The number of hydrogen-bond acceptors (Lipinski definition) is 4. The van der Waals surface area contributed by atoms with Crippen LogP contribution in [0.1, 0.15) is 17.0 Å². The molecular formula is C18H8Cl4N2O2. The second-order valence-corrected chi connectivity index (χ2v) is 6.94. The number of nitriles is 1. The van der Waals surface area contributed by atoms with Gasteiger partial charge in [0.1, 0.15) is 17.6 Å². The summed E-state index contributed by atoms with van der Waals surface area (Å²) in [7, 11) is 0. The molecule has 1 saturated heterocycles. The van der Waals surface area contributed by atoms with Crippen LogP contribution >= 0.6 is 46.4 Å². The minimum absolute atomic E-state index is 0.152. The second kappa shape index (κ2) is 7.30. The van der Waals surface area contributed by atoms with Crippen molar-refractivity contribution in [2.24, 2.45) is 0 Å². The van der Waals surface area contributed by atoms with E-state index in [0.717, 1.165) is 0 Å². The van der Waals surface area contributed by atoms with Crippen molar-refractivity contribution in [1.29, 1.82) is 10.7 Å². The number of rotatable bonds is 2. The molecule has 1 atom stereocenters. The molecule has 0 spiro atoms. The topological polar surface area (TPSA) is 73.9 Å². The molecule has 2 aromatic rings. The highest BCUT2D eigenvalue weighted by molar-refractivity contribution is 6.40. The van der Waals surface area contributed by atoms with Crippen LogP contribution in [0, 0.1) is 16.7 Å². The van der Waals surface area contributed by atoms with Crippen molar-refractivity contribution in [2.45, 2.75) is 5.92 Å². The van der Waals surface area contributed by atoms with Gasteiger partial charge in [-0.05, 0) is 24.3 Å². The Labute approximate surface area is 169 Å². The van der Waals surface area contributed by atoms with Gasteiger partial charge in [-0.3, -0.25) is 10.2 Å². The smallest absolute Gasteiger partial charge is 0.216 e. The predicted molar refractivity (Wildman–Crippen MR) is 102 cm³/mol.